The summed E-state index contributed by atoms with van der Waals surface area (Å²) in [5.41, 5.74) is 0. The molecule has 3 N–H and O–H groups in total. The lowest BCUT2D eigenvalue weighted by atomic mass is 9.98. The molecule has 12 heteroatoms. The summed E-state index contributed by atoms with van der Waals surface area (Å²) in [6.07, 6.45) is 59.0. The van der Waals surface area contributed by atoms with Crippen LogP contribution < -0.4 is 0 Å². The Morgan fingerprint density at radius 3 is 1.23 bits per heavy atom. The highest BCUT2D eigenvalue weighted by atomic mass is 16.7. The number of esters is 3. The Kier molecular flexibility index (Phi) is 47.2. The number of carboxylic acids is 1. The maximum Gasteiger partial charge on any atom is 0.335 e. The van der Waals surface area contributed by atoms with E-state index in [2.05, 4.69) is 124 Å². The van der Waals surface area contributed by atoms with Gasteiger partial charge in [0.05, 0.1) is 6.61 Å². The molecule has 1 fully saturated rings. The van der Waals surface area contributed by atoms with E-state index < -0.39 is 67.3 Å². The van der Waals surface area contributed by atoms with Crippen molar-refractivity contribution in [1.29, 1.82) is 0 Å². The largest absolute Gasteiger partial charge is 0.479 e. The molecular weight excluding hydrogens is 973 g/mol. The van der Waals surface area contributed by atoms with Gasteiger partial charge >= 0.3 is 23.9 Å². The summed E-state index contributed by atoms with van der Waals surface area (Å²) in [7, 11) is 0. The highest BCUT2D eigenvalue weighted by molar-refractivity contribution is 5.74. The summed E-state index contributed by atoms with van der Waals surface area (Å²) >= 11 is 0. The molecular formula is C65H102O12. The van der Waals surface area contributed by atoms with E-state index in [1.807, 2.05) is 18.2 Å². The maximum atomic E-state index is 13.1. The van der Waals surface area contributed by atoms with Gasteiger partial charge in [-0.05, 0) is 96.3 Å². The average Bonchev–Trinajstić information content (AvgIpc) is 3.42. The highest BCUT2D eigenvalue weighted by Crippen LogP contribution is 2.26. The number of unbranched alkanes of at least 4 members (excludes halogenated alkanes) is 14. The molecule has 6 atom stereocenters. The van der Waals surface area contributed by atoms with Crippen molar-refractivity contribution >= 4 is 23.9 Å². The average molecular weight is 1080 g/mol. The highest BCUT2D eigenvalue weighted by Gasteiger charge is 2.50. The van der Waals surface area contributed by atoms with E-state index in [1.54, 1.807) is 0 Å². The van der Waals surface area contributed by atoms with Crippen LogP contribution in [0.3, 0.4) is 0 Å². The van der Waals surface area contributed by atoms with E-state index in [0.717, 1.165) is 89.9 Å². The Morgan fingerprint density at radius 1 is 0.442 bits per heavy atom. The minimum Gasteiger partial charge on any atom is -0.479 e. The Morgan fingerprint density at radius 2 is 0.818 bits per heavy atom. The maximum absolute atomic E-state index is 13.1. The van der Waals surface area contributed by atoms with Crippen LogP contribution in [0, 0.1) is 0 Å². The number of hydrogen-bond donors (Lipinski definition) is 3. The number of aliphatic hydroxyl groups is 2. The zero-order chi connectivity index (χ0) is 56.1. The molecule has 0 aromatic rings. The fourth-order valence-corrected chi connectivity index (χ4v) is 8.09. The van der Waals surface area contributed by atoms with Crippen LogP contribution in [0.5, 0.6) is 0 Å². The van der Waals surface area contributed by atoms with Gasteiger partial charge in [0.2, 0.25) is 0 Å². The minimum atomic E-state index is -1.92. The molecule has 0 amide bonds. The lowest BCUT2D eigenvalue weighted by Gasteiger charge is -2.40. The summed E-state index contributed by atoms with van der Waals surface area (Å²) in [5, 5.41) is 31.5. The van der Waals surface area contributed by atoms with Crippen molar-refractivity contribution < 1.29 is 58.2 Å². The van der Waals surface area contributed by atoms with Gasteiger partial charge in [0.25, 0.3) is 0 Å². The Bertz CT molecular complexity index is 1800. The van der Waals surface area contributed by atoms with Crippen LogP contribution in [0.15, 0.2) is 122 Å². The second-order valence-corrected chi connectivity index (χ2v) is 19.5. The molecule has 1 saturated heterocycles. The Balaban J connectivity index is 2.78. The van der Waals surface area contributed by atoms with Gasteiger partial charge in [-0.15, -0.1) is 0 Å². The number of carbonyl (C=O) groups excluding carboxylic acids is 3. The van der Waals surface area contributed by atoms with Gasteiger partial charge < -0.3 is 39.0 Å². The number of allylic oxidation sites excluding steroid dienone is 20. The lowest BCUT2D eigenvalue weighted by molar-refractivity contribution is -0.301. The number of carbonyl (C=O) groups is 4. The number of ether oxygens (including phenoxy) is 5. The first-order chi connectivity index (χ1) is 37.6. The van der Waals surface area contributed by atoms with Gasteiger partial charge in [0.1, 0.15) is 18.8 Å². The standard InChI is InChI=1S/C65H102O12/c1-4-7-10-13-16-19-22-25-27-29-31-34-36-39-42-45-48-51-57(66)73-54-56(75-58(67)52-49-46-43-40-38-35-32-30-28-26-23-20-17-14-11-8-5-2)55-74-65-63(61(70)60(69)62(77-65)64(71)72)76-59(68)53-50-47-44-41-37-33-24-21-18-15-12-9-6-3/h7-8,10-11,16-17,19-20,25-28,31-32,34-35,39-40,42-43,56,60-63,65,69-70H,4-6,9,12-15,18,21-24,29-30,33,36-38,41,44-55H2,1-3H3,(H,71,72)/b10-7-,11-8-,19-16-,20-17-,27-25-,28-26-,34-31-,35-32-,42-39-,43-40-. The molecule has 77 heavy (non-hydrogen) atoms. The van der Waals surface area contributed by atoms with Gasteiger partial charge in [-0.3, -0.25) is 14.4 Å². The van der Waals surface area contributed by atoms with Crippen LogP contribution in [0.25, 0.3) is 0 Å². The van der Waals surface area contributed by atoms with Crippen LogP contribution in [0.2, 0.25) is 0 Å². The smallest absolute Gasteiger partial charge is 0.335 e. The predicted octanol–water partition coefficient (Wildman–Crippen LogP) is 15.2. The molecule has 12 nitrogen and oxygen atoms in total. The van der Waals surface area contributed by atoms with Crippen LogP contribution in [0.4, 0.5) is 0 Å². The molecule has 0 aromatic carbocycles. The molecule has 1 aliphatic rings. The number of rotatable bonds is 48. The first-order valence-corrected chi connectivity index (χ1v) is 29.5. The van der Waals surface area contributed by atoms with Crippen LogP contribution in [-0.4, -0.2) is 89.2 Å². The third-order valence-electron chi connectivity index (χ3n) is 12.5. The van der Waals surface area contributed by atoms with Gasteiger partial charge in [0.15, 0.2) is 24.6 Å². The monoisotopic (exact) mass is 1070 g/mol. The Labute approximate surface area is 465 Å². The molecule has 0 radical (unpaired) electrons. The minimum absolute atomic E-state index is 0.0447. The molecule has 1 rings (SSSR count). The third kappa shape index (κ3) is 41.8. The topological polar surface area (TPSA) is 175 Å². The second kappa shape index (κ2) is 51.9. The molecule has 1 heterocycles. The van der Waals surface area contributed by atoms with Gasteiger partial charge in [-0.1, -0.05) is 219 Å². The first-order valence-electron chi connectivity index (χ1n) is 29.5. The quantitative estimate of drug-likeness (QED) is 0.0228. The molecule has 0 saturated carbocycles. The van der Waals surface area contributed by atoms with Crippen molar-refractivity contribution in [3.8, 4) is 0 Å². The zero-order valence-electron chi connectivity index (χ0n) is 47.7. The molecule has 0 aliphatic carbocycles. The fourth-order valence-electron chi connectivity index (χ4n) is 8.09. The number of carboxylic acid groups (broad SMARTS) is 1. The molecule has 1 aliphatic heterocycles. The zero-order valence-corrected chi connectivity index (χ0v) is 47.7. The van der Waals surface area contributed by atoms with Crippen LogP contribution in [0.1, 0.15) is 213 Å². The molecule has 0 aromatic heterocycles. The van der Waals surface area contributed by atoms with E-state index in [9.17, 15) is 34.5 Å². The number of hydrogen-bond acceptors (Lipinski definition) is 11. The van der Waals surface area contributed by atoms with Crippen molar-refractivity contribution in [2.24, 2.45) is 0 Å². The van der Waals surface area contributed by atoms with Crippen molar-refractivity contribution in [2.75, 3.05) is 13.2 Å². The fraction of sp³-hybridized carbons (Fsp3) is 0.631. The normalized spacial score (nSPS) is 18.9. The molecule has 434 valence electrons. The van der Waals surface area contributed by atoms with E-state index in [1.165, 1.54) is 51.4 Å². The lowest BCUT2D eigenvalue weighted by Crippen LogP contribution is -2.61. The van der Waals surface area contributed by atoms with Crippen LogP contribution >= 0.6 is 0 Å². The van der Waals surface area contributed by atoms with E-state index in [0.29, 0.717) is 32.1 Å². The summed E-state index contributed by atoms with van der Waals surface area (Å²) in [6, 6.07) is 0. The second-order valence-electron chi connectivity index (χ2n) is 19.5. The molecule has 6 unspecified atom stereocenters. The first kappa shape index (κ1) is 70.1. The SMILES string of the molecule is CC/C=C\C/C=C\C/C=C\C/C=C\C/C=C\CCCC(=O)OCC(COC1OC(C(=O)O)C(O)C(O)C1OC(=O)CCCCCCCCCCCCCCC)OC(=O)CCC/C=C\C/C=C\C/C=C\C/C=C\C/C=C\CC. The summed E-state index contributed by atoms with van der Waals surface area (Å²) < 4.78 is 28.3. The van der Waals surface area contributed by atoms with Crippen LogP contribution in [-0.2, 0) is 42.9 Å². The number of aliphatic hydroxyl groups excluding tert-OH is 2. The van der Waals surface area contributed by atoms with E-state index >= 15 is 0 Å². The van der Waals surface area contributed by atoms with E-state index in [4.69, 9.17) is 23.7 Å². The Hall–Kier alpha value is -4.88. The van der Waals surface area contributed by atoms with Crippen molar-refractivity contribution in [1.82, 2.24) is 0 Å². The summed E-state index contributed by atoms with van der Waals surface area (Å²) in [6.45, 7) is 5.65. The predicted molar refractivity (Wildman–Crippen MR) is 312 cm³/mol. The molecule has 0 spiro atoms. The van der Waals surface area contributed by atoms with Crippen molar-refractivity contribution in [2.45, 2.75) is 250 Å². The van der Waals surface area contributed by atoms with Gasteiger partial charge in [0, 0.05) is 19.3 Å². The van der Waals surface area contributed by atoms with E-state index in [-0.39, 0.29) is 25.9 Å². The van der Waals surface area contributed by atoms with Crippen molar-refractivity contribution in [3.05, 3.63) is 122 Å². The molecule has 0 bridgehead atoms. The van der Waals surface area contributed by atoms with Gasteiger partial charge in [-0.2, -0.15) is 0 Å². The van der Waals surface area contributed by atoms with Gasteiger partial charge in [-0.25, -0.2) is 4.79 Å². The summed E-state index contributed by atoms with van der Waals surface area (Å²) in [4.78, 5) is 51.1. The summed E-state index contributed by atoms with van der Waals surface area (Å²) in [5.74, 6) is -3.29. The number of aliphatic carboxylic acids is 1. The third-order valence-corrected chi connectivity index (χ3v) is 12.5. The van der Waals surface area contributed by atoms with Crippen molar-refractivity contribution in [3.63, 3.8) is 0 Å².